The van der Waals surface area contributed by atoms with Crippen molar-refractivity contribution in [1.29, 1.82) is 0 Å². The zero-order valence-electron chi connectivity index (χ0n) is 50.4. The molecular formula is C71H120O6. The third-order valence-corrected chi connectivity index (χ3v) is 13.8. The van der Waals surface area contributed by atoms with Gasteiger partial charge in [-0.05, 0) is 109 Å². The molecule has 0 saturated heterocycles. The Kier molecular flexibility index (Phi) is 61.3. The van der Waals surface area contributed by atoms with E-state index in [2.05, 4.69) is 130 Å². The first-order chi connectivity index (χ1) is 38.0. The summed E-state index contributed by atoms with van der Waals surface area (Å²) in [6.07, 6.45) is 88.1. The largest absolute Gasteiger partial charge is 0.462 e. The van der Waals surface area contributed by atoms with E-state index >= 15 is 0 Å². The maximum atomic E-state index is 12.9. The van der Waals surface area contributed by atoms with E-state index in [-0.39, 0.29) is 31.1 Å². The van der Waals surface area contributed by atoms with Crippen LogP contribution in [0.4, 0.5) is 0 Å². The molecule has 0 amide bonds. The lowest BCUT2D eigenvalue weighted by atomic mass is 10.0. The summed E-state index contributed by atoms with van der Waals surface area (Å²) in [7, 11) is 0. The number of carbonyl (C=O) groups is 3. The molecule has 0 saturated carbocycles. The fourth-order valence-corrected chi connectivity index (χ4v) is 8.92. The minimum Gasteiger partial charge on any atom is -0.462 e. The first-order valence-electron chi connectivity index (χ1n) is 32.4. The molecule has 0 bridgehead atoms. The molecule has 0 rings (SSSR count). The van der Waals surface area contributed by atoms with Gasteiger partial charge in [0, 0.05) is 19.3 Å². The second-order valence-corrected chi connectivity index (χ2v) is 21.3. The molecule has 0 aliphatic carbocycles. The first kappa shape index (κ1) is 73.1. The van der Waals surface area contributed by atoms with Crippen LogP contribution in [0.3, 0.4) is 0 Å². The fourth-order valence-electron chi connectivity index (χ4n) is 8.92. The summed E-state index contributed by atoms with van der Waals surface area (Å²) in [5.74, 6) is -0.918. The maximum Gasteiger partial charge on any atom is 0.306 e. The average molecular weight is 1070 g/mol. The van der Waals surface area contributed by atoms with E-state index in [0.717, 1.165) is 116 Å². The van der Waals surface area contributed by atoms with Crippen molar-refractivity contribution in [1.82, 2.24) is 0 Å². The molecule has 77 heavy (non-hydrogen) atoms. The number of hydrogen-bond donors (Lipinski definition) is 0. The Balaban J connectivity index is 4.36. The topological polar surface area (TPSA) is 78.9 Å². The summed E-state index contributed by atoms with van der Waals surface area (Å²) in [5.41, 5.74) is 0. The van der Waals surface area contributed by atoms with Crippen LogP contribution in [0.15, 0.2) is 109 Å². The summed E-state index contributed by atoms with van der Waals surface area (Å²) in [5, 5.41) is 0. The standard InChI is InChI=1S/C71H120O6/c1-4-7-10-13-16-19-22-24-26-28-30-32-34-35-37-38-40-42-44-46-49-52-55-58-61-64-70(73)76-67-68(66-75-69(72)63-60-57-54-51-48-21-18-15-12-9-6-3)77-71(74)65-62-59-56-53-50-47-45-43-41-39-36-33-31-29-27-25-23-20-17-14-11-8-5-2/h7,10,16,19,23-26,29-32,35,37,40,42,46,49,68H,4-6,8-9,11-15,17-18,20-22,27-28,33-34,36,38-39,41,43-45,47-48,50-67H2,1-3H3/b10-7-,19-16-,25-23-,26-24-,31-29-,32-30-,37-35-,42-40-,49-46-. The number of hydrogen-bond acceptors (Lipinski definition) is 6. The van der Waals surface area contributed by atoms with Gasteiger partial charge < -0.3 is 14.2 Å². The quantitative estimate of drug-likeness (QED) is 0.0261. The highest BCUT2D eigenvalue weighted by Crippen LogP contribution is 2.16. The Morgan fingerprint density at radius 1 is 0.273 bits per heavy atom. The molecule has 0 aromatic rings. The van der Waals surface area contributed by atoms with Gasteiger partial charge in [-0.15, -0.1) is 0 Å². The summed E-state index contributed by atoms with van der Waals surface area (Å²) < 4.78 is 16.9. The van der Waals surface area contributed by atoms with Crippen molar-refractivity contribution in [2.24, 2.45) is 0 Å². The van der Waals surface area contributed by atoms with Crippen molar-refractivity contribution in [3.63, 3.8) is 0 Å². The second-order valence-electron chi connectivity index (χ2n) is 21.3. The molecule has 0 spiro atoms. The molecular weight excluding hydrogens is 949 g/mol. The monoisotopic (exact) mass is 1070 g/mol. The summed E-state index contributed by atoms with van der Waals surface area (Å²) in [6, 6.07) is 0. The van der Waals surface area contributed by atoms with Gasteiger partial charge in [0.15, 0.2) is 6.10 Å². The van der Waals surface area contributed by atoms with Gasteiger partial charge in [-0.25, -0.2) is 0 Å². The highest BCUT2D eigenvalue weighted by molar-refractivity contribution is 5.71. The molecule has 1 atom stereocenters. The number of unbranched alkanes of at least 4 members (excludes halogenated alkanes) is 29. The third kappa shape index (κ3) is 62.8. The van der Waals surface area contributed by atoms with Crippen molar-refractivity contribution in [3.8, 4) is 0 Å². The van der Waals surface area contributed by atoms with Crippen LogP contribution >= 0.6 is 0 Å². The van der Waals surface area contributed by atoms with E-state index in [9.17, 15) is 14.4 Å². The molecule has 0 aliphatic heterocycles. The average Bonchev–Trinajstić information content (AvgIpc) is 3.43. The highest BCUT2D eigenvalue weighted by atomic mass is 16.6. The normalized spacial score (nSPS) is 12.8. The fraction of sp³-hybridized carbons (Fsp3) is 0.704. The first-order valence-corrected chi connectivity index (χ1v) is 32.4. The van der Waals surface area contributed by atoms with Crippen LogP contribution in [-0.2, 0) is 28.6 Å². The van der Waals surface area contributed by atoms with Gasteiger partial charge in [0.25, 0.3) is 0 Å². The van der Waals surface area contributed by atoms with Gasteiger partial charge in [-0.3, -0.25) is 14.4 Å². The predicted octanol–water partition coefficient (Wildman–Crippen LogP) is 22.2. The molecule has 6 nitrogen and oxygen atoms in total. The Hall–Kier alpha value is -3.93. The van der Waals surface area contributed by atoms with Crippen molar-refractivity contribution >= 4 is 17.9 Å². The van der Waals surface area contributed by atoms with Crippen molar-refractivity contribution in [2.75, 3.05) is 13.2 Å². The van der Waals surface area contributed by atoms with Crippen molar-refractivity contribution in [2.45, 2.75) is 309 Å². The smallest absolute Gasteiger partial charge is 0.306 e. The van der Waals surface area contributed by atoms with Gasteiger partial charge in [0.05, 0.1) is 0 Å². The molecule has 0 radical (unpaired) electrons. The van der Waals surface area contributed by atoms with Crippen LogP contribution in [0.25, 0.3) is 0 Å². The molecule has 6 heteroatoms. The Labute approximate surface area is 476 Å². The second kappa shape index (κ2) is 64.6. The lowest BCUT2D eigenvalue weighted by molar-refractivity contribution is -0.167. The van der Waals surface area contributed by atoms with E-state index in [0.29, 0.717) is 19.3 Å². The lowest BCUT2D eigenvalue weighted by Gasteiger charge is -2.18. The van der Waals surface area contributed by atoms with Gasteiger partial charge in [-0.1, -0.05) is 284 Å². The van der Waals surface area contributed by atoms with Crippen LogP contribution in [0, 0.1) is 0 Å². The zero-order chi connectivity index (χ0) is 55.7. The minimum atomic E-state index is -0.794. The molecule has 0 aromatic heterocycles. The van der Waals surface area contributed by atoms with Crippen LogP contribution in [0.1, 0.15) is 303 Å². The molecule has 440 valence electrons. The van der Waals surface area contributed by atoms with Crippen LogP contribution in [0.5, 0.6) is 0 Å². The minimum absolute atomic E-state index is 0.0882. The number of carbonyl (C=O) groups excluding carboxylic acids is 3. The van der Waals surface area contributed by atoms with E-state index < -0.39 is 6.10 Å². The Morgan fingerprint density at radius 2 is 0.506 bits per heavy atom. The molecule has 0 N–H and O–H groups in total. The molecule has 0 fully saturated rings. The van der Waals surface area contributed by atoms with E-state index in [1.165, 1.54) is 148 Å². The van der Waals surface area contributed by atoms with Crippen LogP contribution < -0.4 is 0 Å². The Morgan fingerprint density at radius 3 is 0.805 bits per heavy atom. The lowest BCUT2D eigenvalue weighted by Crippen LogP contribution is -2.30. The number of ether oxygens (including phenoxy) is 3. The molecule has 0 heterocycles. The maximum absolute atomic E-state index is 12.9. The molecule has 0 aliphatic rings. The summed E-state index contributed by atoms with van der Waals surface area (Å²) >= 11 is 0. The van der Waals surface area contributed by atoms with Crippen molar-refractivity contribution < 1.29 is 28.6 Å². The highest BCUT2D eigenvalue weighted by Gasteiger charge is 2.19. The predicted molar refractivity (Wildman–Crippen MR) is 334 cm³/mol. The summed E-state index contributed by atoms with van der Waals surface area (Å²) in [4.78, 5) is 38.3. The third-order valence-electron chi connectivity index (χ3n) is 13.8. The number of allylic oxidation sites excluding steroid dienone is 18. The van der Waals surface area contributed by atoms with Gasteiger partial charge >= 0.3 is 17.9 Å². The number of rotatable bonds is 58. The summed E-state index contributed by atoms with van der Waals surface area (Å²) in [6.45, 7) is 6.50. The SMILES string of the molecule is CC/C=C\C/C=C\C/C=C\C/C=C\C/C=C\C/C=C\C/C=C\CCCCCC(=O)OCC(COC(=O)CCCCCCCCCCCCC)OC(=O)CCCCCCCCCCCCC/C=C\C/C=C\CCCCCCC. The van der Waals surface area contributed by atoms with Gasteiger partial charge in [-0.2, -0.15) is 0 Å². The van der Waals surface area contributed by atoms with E-state index in [1.807, 2.05) is 0 Å². The molecule has 0 aromatic carbocycles. The van der Waals surface area contributed by atoms with Crippen LogP contribution in [-0.4, -0.2) is 37.2 Å². The van der Waals surface area contributed by atoms with E-state index in [1.54, 1.807) is 0 Å². The Bertz CT molecular complexity index is 1560. The van der Waals surface area contributed by atoms with Crippen LogP contribution in [0.2, 0.25) is 0 Å². The van der Waals surface area contributed by atoms with Crippen molar-refractivity contribution in [3.05, 3.63) is 109 Å². The molecule has 1 unspecified atom stereocenters. The number of esters is 3. The van der Waals surface area contributed by atoms with Gasteiger partial charge in [0.1, 0.15) is 13.2 Å². The van der Waals surface area contributed by atoms with Gasteiger partial charge in [0.2, 0.25) is 0 Å². The van der Waals surface area contributed by atoms with E-state index in [4.69, 9.17) is 14.2 Å². The zero-order valence-corrected chi connectivity index (χ0v) is 50.4.